The molecule has 2 spiro atoms. The molecule has 2 N–H and O–H groups in total. The fraction of sp³-hybridized carbons (Fsp3) is 0.773. The van der Waals surface area contributed by atoms with E-state index in [9.17, 15) is 19.5 Å². The number of aliphatic carboxylic acids is 1. The third-order valence-electron chi connectivity index (χ3n) is 8.88. The van der Waals surface area contributed by atoms with Crippen molar-refractivity contribution in [3.8, 4) is 0 Å². The highest BCUT2D eigenvalue weighted by Gasteiger charge is 2.67. The van der Waals surface area contributed by atoms with Gasteiger partial charge in [-0.25, -0.2) is 0 Å². The summed E-state index contributed by atoms with van der Waals surface area (Å²) >= 11 is 0. The second-order valence-corrected chi connectivity index (χ2v) is 9.73. The Bertz CT molecular complexity index is 771. The van der Waals surface area contributed by atoms with Crippen LogP contribution < -0.4 is 0 Å². The minimum absolute atomic E-state index is 0.0124. The zero-order valence-electron chi connectivity index (χ0n) is 16.1. The second kappa shape index (κ2) is 6.15. The number of fused-ring (bicyclic) bond motifs is 3. The van der Waals surface area contributed by atoms with E-state index in [1.54, 1.807) is 6.08 Å². The molecule has 3 saturated carbocycles. The maximum Gasteiger partial charge on any atom is 0.315 e. The Kier molecular flexibility index (Phi) is 4.03. The summed E-state index contributed by atoms with van der Waals surface area (Å²) in [4.78, 5) is 36.9. The fourth-order valence-electron chi connectivity index (χ4n) is 7.68. The normalized spacial score (nSPS) is 46.8. The monoisotopic (exact) mass is 388 g/mol. The van der Waals surface area contributed by atoms with Crippen molar-refractivity contribution in [3.05, 3.63) is 11.6 Å². The molecule has 4 aliphatic carbocycles. The average Bonchev–Trinajstić information content (AvgIpc) is 3.01. The van der Waals surface area contributed by atoms with E-state index in [1.165, 1.54) is 0 Å². The number of carbonyl (C=O) groups excluding carboxylic acids is 2. The van der Waals surface area contributed by atoms with E-state index in [1.807, 2.05) is 0 Å². The number of rotatable bonds is 3. The molecule has 2 saturated heterocycles. The molecule has 0 aromatic carbocycles. The van der Waals surface area contributed by atoms with Gasteiger partial charge in [-0.1, -0.05) is 5.57 Å². The predicted molar refractivity (Wildman–Crippen MR) is 98.1 cm³/mol. The van der Waals surface area contributed by atoms with Gasteiger partial charge in [-0.05, 0) is 75.2 Å². The molecule has 2 aliphatic heterocycles. The molecule has 6 aliphatic rings. The average molecular weight is 388 g/mol. The number of ether oxygens (including phenoxy) is 1. The van der Waals surface area contributed by atoms with Gasteiger partial charge >= 0.3 is 11.9 Å². The number of aliphatic hydroxyl groups is 1. The molecule has 2 unspecified atom stereocenters. The highest BCUT2D eigenvalue weighted by Crippen LogP contribution is 2.67. The molecule has 28 heavy (non-hydrogen) atoms. The lowest BCUT2D eigenvalue weighted by Crippen LogP contribution is -2.61. The van der Waals surface area contributed by atoms with Crippen LogP contribution in [-0.4, -0.2) is 40.6 Å². The van der Waals surface area contributed by atoms with Gasteiger partial charge in [0.05, 0.1) is 11.5 Å². The van der Waals surface area contributed by atoms with Crippen LogP contribution in [0, 0.1) is 34.5 Å². The van der Waals surface area contributed by atoms with E-state index in [4.69, 9.17) is 9.84 Å². The Morgan fingerprint density at radius 2 is 2.00 bits per heavy atom. The number of esters is 1. The molecule has 5 fully saturated rings. The van der Waals surface area contributed by atoms with E-state index in [0.717, 1.165) is 31.3 Å². The van der Waals surface area contributed by atoms with Gasteiger partial charge in [-0.2, -0.15) is 0 Å². The highest BCUT2D eigenvalue weighted by atomic mass is 16.5. The lowest BCUT2D eigenvalue weighted by molar-refractivity contribution is -0.197. The maximum absolute atomic E-state index is 13.2. The standard InChI is InChI=1S/C22H28O6/c23-17-9-13-2-3-14-15-7-8-22(16(14)4-5-18(22)24)20(27)28-11-21(13,15)10-12(17)1-6-19(25)26/h9,12,14-16,18,24H,1-8,10-11H2,(H,25,26)/t12?,14-,15?,16+,18+,21-,22-/m1/s1. The molecule has 2 heterocycles. The van der Waals surface area contributed by atoms with Crippen molar-refractivity contribution in [2.45, 2.75) is 63.9 Å². The molecule has 0 amide bonds. The van der Waals surface area contributed by atoms with Crippen LogP contribution in [-0.2, 0) is 19.1 Å². The summed E-state index contributed by atoms with van der Waals surface area (Å²) in [5, 5.41) is 19.8. The number of hydrogen-bond donors (Lipinski definition) is 2. The molecule has 4 bridgehead atoms. The summed E-state index contributed by atoms with van der Waals surface area (Å²) in [6, 6.07) is 0. The van der Waals surface area contributed by atoms with Gasteiger partial charge in [0.2, 0.25) is 0 Å². The molecular formula is C22H28O6. The van der Waals surface area contributed by atoms with Crippen LogP contribution in [0.4, 0.5) is 0 Å². The van der Waals surface area contributed by atoms with E-state index in [0.29, 0.717) is 37.5 Å². The summed E-state index contributed by atoms with van der Waals surface area (Å²) in [5.41, 5.74) is 0.0681. The zero-order valence-corrected chi connectivity index (χ0v) is 16.1. The first-order valence-corrected chi connectivity index (χ1v) is 10.7. The van der Waals surface area contributed by atoms with Gasteiger partial charge in [-0.15, -0.1) is 0 Å². The number of carbonyl (C=O) groups is 3. The van der Waals surface area contributed by atoms with Gasteiger partial charge in [0.25, 0.3) is 0 Å². The van der Waals surface area contributed by atoms with E-state index in [-0.39, 0.29) is 42.0 Å². The van der Waals surface area contributed by atoms with E-state index >= 15 is 0 Å². The first-order valence-electron chi connectivity index (χ1n) is 10.7. The number of carboxylic acids is 1. The number of hydrogen-bond acceptors (Lipinski definition) is 5. The third-order valence-corrected chi connectivity index (χ3v) is 8.88. The summed E-state index contributed by atoms with van der Waals surface area (Å²) < 4.78 is 5.88. The predicted octanol–water partition coefficient (Wildman–Crippen LogP) is 2.49. The van der Waals surface area contributed by atoms with Crippen LogP contribution in [0.3, 0.4) is 0 Å². The summed E-state index contributed by atoms with van der Waals surface area (Å²) in [7, 11) is 0. The van der Waals surface area contributed by atoms with Crippen LogP contribution in [0.1, 0.15) is 57.8 Å². The van der Waals surface area contributed by atoms with E-state index < -0.39 is 17.5 Å². The van der Waals surface area contributed by atoms with Crippen molar-refractivity contribution in [1.29, 1.82) is 0 Å². The van der Waals surface area contributed by atoms with Crippen LogP contribution in [0.5, 0.6) is 0 Å². The Balaban J connectivity index is 1.54. The van der Waals surface area contributed by atoms with Gasteiger partial charge in [0, 0.05) is 17.8 Å². The highest BCUT2D eigenvalue weighted by molar-refractivity contribution is 5.94. The third kappa shape index (κ3) is 2.27. The number of aliphatic hydroxyl groups excluding tert-OH is 1. The molecule has 6 rings (SSSR count). The molecule has 152 valence electrons. The Hall–Kier alpha value is -1.69. The topological polar surface area (TPSA) is 101 Å². The van der Waals surface area contributed by atoms with E-state index in [2.05, 4.69) is 0 Å². The molecule has 7 atom stereocenters. The number of ketones is 1. The van der Waals surface area contributed by atoms with Crippen molar-refractivity contribution < 1.29 is 29.3 Å². The minimum atomic E-state index is -0.881. The van der Waals surface area contributed by atoms with Crippen LogP contribution in [0.2, 0.25) is 0 Å². The lowest BCUT2D eigenvalue weighted by Gasteiger charge is -2.60. The second-order valence-electron chi connectivity index (χ2n) is 9.73. The van der Waals surface area contributed by atoms with Crippen molar-refractivity contribution >= 4 is 17.7 Å². The SMILES string of the molecule is O=C(O)CCC1C[C@]23COC(=O)[C@]45CCC2[C@@H](CCC3=CC1=O)[C@@H]4CC[C@@H]5O. The summed E-state index contributed by atoms with van der Waals surface area (Å²) in [6.45, 7) is 0.275. The fourth-order valence-corrected chi connectivity index (χ4v) is 7.68. The Morgan fingerprint density at radius 3 is 2.79 bits per heavy atom. The summed E-state index contributed by atoms with van der Waals surface area (Å²) in [5.74, 6) is -0.498. The van der Waals surface area contributed by atoms with Crippen LogP contribution in [0.15, 0.2) is 11.6 Å². The van der Waals surface area contributed by atoms with Gasteiger partial charge < -0.3 is 14.9 Å². The van der Waals surface area contributed by atoms with Crippen molar-refractivity contribution in [1.82, 2.24) is 0 Å². The quantitative estimate of drug-likeness (QED) is 0.721. The Morgan fingerprint density at radius 1 is 1.18 bits per heavy atom. The zero-order chi connectivity index (χ0) is 19.7. The Labute approximate surface area is 164 Å². The molecule has 0 aromatic heterocycles. The van der Waals surface area contributed by atoms with Crippen molar-refractivity contribution in [2.75, 3.05) is 6.61 Å². The smallest absolute Gasteiger partial charge is 0.315 e. The number of carboxylic acid groups (broad SMARTS) is 1. The largest absolute Gasteiger partial charge is 0.481 e. The molecule has 6 heteroatoms. The molecule has 0 radical (unpaired) electrons. The first kappa shape index (κ1) is 18.3. The maximum atomic E-state index is 13.2. The minimum Gasteiger partial charge on any atom is -0.481 e. The molecule has 6 nitrogen and oxygen atoms in total. The summed E-state index contributed by atoms with van der Waals surface area (Å²) in [6.07, 6.45) is 6.98. The van der Waals surface area contributed by atoms with Crippen molar-refractivity contribution in [3.63, 3.8) is 0 Å². The van der Waals surface area contributed by atoms with Gasteiger partial charge in [0.15, 0.2) is 5.78 Å². The molecular weight excluding hydrogens is 360 g/mol. The lowest BCUT2D eigenvalue weighted by atomic mass is 9.45. The first-order chi connectivity index (χ1) is 13.4. The van der Waals surface area contributed by atoms with Gasteiger partial charge in [-0.3, -0.25) is 14.4 Å². The van der Waals surface area contributed by atoms with Crippen LogP contribution in [0.25, 0.3) is 0 Å². The molecule has 0 aromatic rings. The van der Waals surface area contributed by atoms with Gasteiger partial charge in [0.1, 0.15) is 6.61 Å². The van der Waals surface area contributed by atoms with Crippen LogP contribution >= 0.6 is 0 Å². The van der Waals surface area contributed by atoms with Crippen molar-refractivity contribution in [2.24, 2.45) is 34.5 Å².